The average Bonchev–Trinajstić information content (AvgIpc) is 3.37. The summed E-state index contributed by atoms with van der Waals surface area (Å²) in [5, 5.41) is 8.01. The first-order valence-corrected chi connectivity index (χ1v) is 9.68. The summed E-state index contributed by atoms with van der Waals surface area (Å²) in [5.41, 5.74) is 3.78. The molecular formula is C20H23FN6. The van der Waals surface area contributed by atoms with Crippen LogP contribution in [0.5, 0.6) is 0 Å². The van der Waals surface area contributed by atoms with Crippen molar-refractivity contribution in [3.8, 4) is 11.1 Å². The molecule has 1 N–H and O–H groups in total. The van der Waals surface area contributed by atoms with Crippen LogP contribution in [0.25, 0.3) is 22.2 Å². The maximum atomic E-state index is 13.6. The van der Waals surface area contributed by atoms with Gasteiger partial charge in [0.05, 0.1) is 29.8 Å². The lowest BCUT2D eigenvalue weighted by Crippen LogP contribution is -2.29. The largest absolute Gasteiger partial charge is 0.354 e. The summed E-state index contributed by atoms with van der Waals surface area (Å²) >= 11 is 0. The highest BCUT2D eigenvalue weighted by Crippen LogP contribution is 2.30. The molecule has 2 saturated heterocycles. The standard InChI is InChI=1S/C20H23FN6/c21-15-6-10-26(13-15)19-2-1-18-20(25-19)17(5-9-23-18)14-11-24-27(12-14)16-3-7-22-8-4-16/h1-2,5,9,11-12,15-16,22H,3-4,6-8,10,13H2/t15-/m0/s1. The Kier molecular flexibility index (Phi) is 4.24. The molecule has 1 atom stereocenters. The average molecular weight is 366 g/mol. The number of rotatable bonds is 3. The van der Waals surface area contributed by atoms with E-state index in [1.807, 2.05) is 35.5 Å². The van der Waals surface area contributed by atoms with Crippen LogP contribution in [0.3, 0.4) is 0 Å². The molecule has 7 heteroatoms. The van der Waals surface area contributed by atoms with Crippen molar-refractivity contribution in [2.75, 3.05) is 31.1 Å². The Hall–Kier alpha value is -2.54. The van der Waals surface area contributed by atoms with Crippen molar-refractivity contribution < 1.29 is 4.39 Å². The van der Waals surface area contributed by atoms with E-state index in [1.165, 1.54) is 0 Å². The number of halogens is 1. The minimum absolute atomic E-state index is 0.418. The third kappa shape index (κ3) is 3.16. The smallest absolute Gasteiger partial charge is 0.129 e. The number of hydrogen-bond acceptors (Lipinski definition) is 5. The van der Waals surface area contributed by atoms with Crippen LogP contribution in [0.15, 0.2) is 36.8 Å². The number of alkyl halides is 1. The van der Waals surface area contributed by atoms with E-state index >= 15 is 0 Å². The van der Waals surface area contributed by atoms with Gasteiger partial charge in [0.15, 0.2) is 0 Å². The van der Waals surface area contributed by atoms with E-state index in [2.05, 4.69) is 26.3 Å². The van der Waals surface area contributed by atoms with Crippen LogP contribution in [0.1, 0.15) is 25.3 Å². The van der Waals surface area contributed by atoms with Gasteiger partial charge in [-0.05, 0) is 50.6 Å². The van der Waals surface area contributed by atoms with Gasteiger partial charge in [0.1, 0.15) is 12.0 Å². The summed E-state index contributed by atoms with van der Waals surface area (Å²) in [6, 6.07) is 6.35. The molecule has 6 nitrogen and oxygen atoms in total. The minimum Gasteiger partial charge on any atom is -0.354 e. The van der Waals surface area contributed by atoms with E-state index < -0.39 is 6.17 Å². The Balaban J connectivity index is 1.51. The lowest BCUT2D eigenvalue weighted by molar-refractivity contribution is 0.343. The second-order valence-corrected chi connectivity index (χ2v) is 7.42. The second-order valence-electron chi connectivity index (χ2n) is 7.42. The molecular weight excluding hydrogens is 343 g/mol. The van der Waals surface area contributed by atoms with Gasteiger partial charge in [-0.25, -0.2) is 9.37 Å². The fourth-order valence-electron chi connectivity index (χ4n) is 4.10. The van der Waals surface area contributed by atoms with Crippen molar-refractivity contribution in [1.29, 1.82) is 0 Å². The van der Waals surface area contributed by atoms with Gasteiger partial charge in [0, 0.05) is 30.1 Å². The number of piperidine rings is 1. The van der Waals surface area contributed by atoms with Crippen LogP contribution < -0.4 is 10.2 Å². The molecule has 0 aromatic carbocycles. The first-order valence-electron chi connectivity index (χ1n) is 9.68. The van der Waals surface area contributed by atoms with Crippen molar-refractivity contribution >= 4 is 16.9 Å². The molecule has 0 aliphatic carbocycles. The Morgan fingerprint density at radius 3 is 2.81 bits per heavy atom. The lowest BCUT2D eigenvalue weighted by Gasteiger charge is -2.22. The van der Waals surface area contributed by atoms with Gasteiger partial charge < -0.3 is 10.2 Å². The van der Waals surface area contributed by atoms with Gasteiger partial charge in [-0.2, -0.15) is 5.10 Å². The zero-order valence-electron chi connectivity index (χ0n) is 15.2. The normalized spacial score (nSPS) is 21.2. The molecule has 3 aromatic heterocycles. The molecule has 0 radical (unpaired) electrons. The molecule has 3 aromatic rings. The highest BCUT2D eigenvalue weighted by atomic mass is 19.1. The van der Waals surface area contributed by atoms with Gasteiger partial charge in [0.2, 0.25) is 0 Å². The molecule has 0 amide bonds. The van der Waals surface area contributed by atoms with Gasteiger partial charge in [-0.3, -0.25) is 9.67 Å². The quantitative estimate of drug-likeness (QED) is 0.772. The van der Waals surface area contributed by atoms with Crippen LogP contribution in [0.2, 0.25) is 0 Å². The number of anilines is 1. The van der Waals surface area contributed by atoms with Crippen LogP contribution in [0.4, 0.5) is 10.2 Å². The Morgan fingerprint density at radius 2 is 2.00 bits per heavy atom. The van der Waals surface area contributed by atoms with Crippen LogP contribution in [-0.4, -0.2) is 52.1 Å². The summed E-state index contributed by atoms with van der Waals surface area (Å²) < 4.78 is 15.7. The molecule has 27 heavy (non-hydrogen) atoms. The Labute approximate surface area is 157 Å². The Bertz CT molecular complexity index is 949. The first-order chi connectivity index (χ1) is 13.3. The summed E-state index contributed by atoms with van der Waals surface area (Å²) in [4.78, 5) is 11.3. The maximum Gasteiger partial charge on any atom is 0.129 e. The SMILES string of the molecule is F[C@H]1CCN(c2ccc3nccc(-c4cnn(C5CCNCC5)c4)c3n2)C1. The highest BCUT2D eigenvalue weighted by Gasteiger charge is 2.23. The van der Waals surface area contributed by atoms with Gasteiger partial charge in [0.25, 0.3) is 0 Å². The molecule has 2 aliphatic rings. The van der Waals surface area contributed by atoms with Gasteiger partial charge in [-0.15, -0.1) is 0 Å². The summed E-state index contributed by atoms with van der Waals surface area (Å²) in [7, 11) is 0. The number of nitrogens with zero attached hydrogens (tertiary/aromatic N) is 5. The fourth-order valence-corrected chi connectivity index (χ4v) is 4.10. The van der Waals surface area contributed by atoms with E-state index in [0.717, 1.165) is 53.9 Å². The number of pyridine rings is 2. The van der Waals surface area contributed by atoms with E-state index in [4.69, 9.17) is 4.98 Å². The monoisotopic (exact) mass is 366 g/mol. The van der Waals surface area contributed by atoms with Crippen molar-refractivity contribution in [2.45, 2.75) is 31.5 Å². The van der Waals surface area contributed by atoms with Crippen molar-refractivity contribution in [3.05, 3.63) is 36.8 Å². The number of fused-ring (bicyclic) bond motifs is 1. The molecule has 2 aliphatic heterocycles. The van der Waals surface area contributed by atoms with Gasteiger partial charge >= 0.3 is 0 Å². The van der Waals surface area contributed by atoms with E-state index in [9.17, 15) is 4.39 Å². The molecule has 0 unspecified atom stereocenters. The molecule has 5 rings (SSSR count). The molecule has 140 valence electrons. The third-order valence-electron chi connectivity index (χ3n) is 5.62. The maximum absolute atomic E-state index is 13.6. The molecule has 0 spiro atoms. The van der Waals surface area contributed by atoms with Crippen LogP contribution in [-0.2, 0) is 0 Å². The number of hydrogen-bond donors (Lipinski definition) is 1. The first kappa shape index (κ1) is 16.6. The lowest BCUT2D eigenvalue weighted by atomic mass is 10.1. The number of nitrogens with one attached hydrogen (secondary N) is 1. The highest BCUT2D eigenvalue weighted by molar-refractivity contribution is 5.91. The Morgan fingerprint density at radius 1 is 1.11 bits per heavy atom. The molecule has 0 bridgehead atoms. The zero-order chi connectivity index (χ0) is 18.2. The fraction of sp³-hybridized carbons (Fsp3) is 0.450. The summed E-state index contributed by atoms with van der Waals surface area (Å²) in [5.74, 6) is 0.822. The van der Waals surface area contributed by atoms with Gasteiger partial charge in [-0.1, -0.05) is 0 Å². The summed E-state index contributed by atoms with van der Waals surface area (Å²) in [6.45, 7) is 3.20. The minimum atomic E-state index is -0.765. The van der Waals surface area contributed by atoms with Crippen molar-refractivity contribution in [3.63, 3.8) is 0 Å². The zero-order valence-corrected chi connectivity index (χ0v) is 15.2. The van der Waals surface area contributed by atoms with E-state index in [-0.39, 0.29) is 0 Å². The second kappa shape index (κ2) is 6.88. The topological polar surface area (TPSA) is 58.9 Å². The summed E-state index contributed by atoms with van der Waals surface area (Å²) in [6.07, 6.45) is 7.85. The molecule has 0 saturated carbocycles. The van der Waals surface area contributed by atoms with Crippen molar-refractivity contribution in [1.82, 2.24) is 25.1 Å². The van der Waals surface area contributed by atoms with Crippen molar-refractivity contribution in [2.24, 2.45) is 0 Å². The van der Waals surface area contributed by atoms with E-state index in [1.54, 1.807) is 0 Å². The predicted molar refractivity (Wildman–Crippen MR) is 104 cm³/mol. The molecule has 2 fully saturated rings. The number of aromatic nitrogens is 4. The predicted octanol–water partition coefficient (Wildman–Crippen LogP) is 2.97. The molecule has 5 heterocycles. The van der Waals surface area contributed by atoms with E-state index in [0.29, 0.717) is 25.6 Å². The van der Waals surface area contributed by atoms with Crippen LogP contribution in [0, 0.1) is 0 Å². The van der Waals surface area contributed by atoms with Crippen LogP contribution >= 0.6 is 0 Å². The third-order valence-corrected chi connectivity index (χ3v) is 5.62.